The van der Waals surface area contributed by atoms with Crippen LogP contribution in [0.5, 0.6) is 0 Å². The average Bonchev–Trinajstić information content (AvgIpc) is 3.59. The van der Waals surface area contributed by atoms with Crippen LogP contribution in [0.3, 0.4) is 0 Å². The fourth-order valence-corrected chi connectivity index (χ4v) is 4.61. The molecule has 1 radical (unpaired) electrons. The number of hydrogen-bond donors (Lipinski definition) is 1. The maximum atomic E-state index is 10.4. The van der Waals surface area contributed by atoms with Gasteiger partial charge in [-0.3, -0.25) is 0 Å². The van der Waals surface area contributed by atoms with E-state index in [4.69, 9.17) is 9.39 Å². The van der Waals surface area contributed by atoms with E-state index in [1.165, 1.54) is 27.8 Å². The molecule has 0 spiro atoms. The molecule has 2 aromatic rings. The molecule has 1 saturated heterocycles. The van der Waals surface area contributed by atoms with Gasteiger partial charge in [0, 0.05) is 5.41 Å². The Morgan fingerprint density at radius 3 is 2.00 bits per heavy atom. The first kappa shape index (κ1) is 27.7. The van der Waals surface area contributed by atoms with Crippen molar-refractivity contribution in [2.75, 3.05) is 6.61 Å². The summed E-state index contributed by atoms with van der Waals surface area (Å²) < 4.78 is 11.7. The van der Waals surface area contributed by atoms with Crippen LogP contribution in [-0.4, -0.2) is 36.0 Å². The summed E-state index contributed by atoms with van der Waals surface area (Å²) in [5.74, 6) is 0. The largest absolute Gasteiger partial charge is 0.427 e. The van der Waals surface area contributed by atoms with E-state index >= 15 is 0 Å². The predicted octanol–water partition coefficient (Wildman–Crippen LogP) is 6.41. The topological polar surface area (TPSA) is 42.0 Å². The highest BCUT2D eigenvalue weighted by atomic mass is 16.6. The summed E-state index contributed by atoms with van der Waals surface area (Å²) in [5, 5.41) is 10.4. The summed E-state index contributed by atoms with van der Waals surface area (Å²) in [7, 11) is 1.79. The molecule has 0 saturated carbocycles. The minimum absolute atomic E-state index is 0.0378. The fourth-order valence-electron chi connectivity index (χ4n) is 4.61. The molecule has 1 atom stereocenters. The first-order valence-electron chi connectivity index (χ1n) is 13.1. The summed E-state index contributed by atoms with van der Waals surface area (Å²) in [6, 6.07) is 13.6. The molecule has 35 heavy (non-hydrogen) atoms. The van der Waals surface area contributed by atoms with Crippen LogP contribution in [0.2, 0.25) is 0 Å². The monoisotopic (exact) mass is 475 g/mol. The second-order valence-corrected chi connectivity index (χ2v) is 11.3. The predicted molar refractivity (Wildman–Crippen MR) is 149 cm³/mol. The van der Waals surface area contributed by atoms with Gasteiger partial charge in [-0.1, -0.05) is 74.3 Å². The van der Waals surface area contributed by atoms with E-state index in [-0.39, 0.29) is 11.0 Å². The number of benzene rings is 2. The van der Waals surface area contributed by atoms with Crippen molar-refractivity contribution in [3.63, 3.8) is 0 Å². The number of ether oxygens (including phenoxy) is 1. The molecule has 2 aromatic carbocycles. The molecule has 1 aliphatic rings. The van der Waals surface area contributed by atoms with Crippen LogP contribution >= 0.6 is 0 Å². The van der Waals surface area contributed by atoms with Gasteiger partial charge in [0.05, 0.1) is 17.8 Å². The van der Waals surface area contributed by atoms with Crippen LogP contribution < -0.4 is 5.46 Å². The Bertz CT molecular complexity index is 1050. The van der Waals surface area contributed by atoms with Crippen molar-refractivity contribution in [2.45, 2.75) is 104 Å². The van der Waals surface area contributed by atoms with E-state index in [1.54, 1.807) is 21.3 Å². The van der Waals surface area contributed by atoms with Crippen molar-refractivity contribution in [2.24, 2.45) is 0 Å². The summed E-state index contributed by atoms with van der Waals surface area (Å²) in [6.45, 7) is 19.3. The lowest BCUT2D eigenvalue weighted by molar-refractivity contribution is -0.0893. The molecule has 189 valence electrons. The summed E-state index contributed by atoms with van der Waals surface area (Å²) in [6.07, 6.45) is 7.51. The van der Waals surface area contributed by atoms with Gasteiger partial charge in [0.1, 0.15) is 5.60 Å². The zero-order chi connectivity index (χ0) is 26.1. The van der Waals surface area contributed by atoms with Crippen molar-refractivity contribution in [1.29, 1.82) is 0 Å². The number of hydrogen-bond acceptors (Lipinski definition) is 3. The molecule has 1 aliphatic heterocycles. The van der Waals surface area contributed by atoms with Crippen LogP contribution in [-0.2, 0) is 14.8 Å². The van der Waals surface area contributed by atoms with Crippen molar-refractivity contribution >= 4 is 19.0 Å². The molecule has 1 heterocycles. The number of aryl methyl sites for hydroxylation is 2. The zero-order valence-electron chi connectivity index (χ0n) is 23.3. The minimum atomic E-state index is -0.946. The van der Waals surface area contributed by atoms with Crippen LogP contribution in [0.25, 0.3) is 6.08 Å². The molecule has 4 heteroatoms. The van der Waals surface area contributed by atoms with Gasteiger partial charge in [-0.2, -0.15) is 0 Å². The smallest absolute Gasteiger partial charge is 0.331 e. The van der Waals surface area contributed by atoms with Crippen LogP contribution in [0.15, 0.2) is 42.5 Å². The second kappa shape index (κ2) is 10.2. The molecule has 0 bridgehead atoms. The van der Waals surface area contributed by atoms with E-state index < -0.39 is 11.2 Å². The number of aliphatic hydroxyl groups is 1. The number of rotatable bonds is 11. The minimum Gasteiger partial charge on any atom is -0.427 e. The Hall–Kier alpha value is -1.88. The molecule has 0 aromatic heterocycles. The maximum absolute atomic E-state index is 10.4. The molecule has 0 aliphatic carbocycles. The third-order valence-corrected chi connectivity index (χ3v) is 8.49. The van der Waals surface area contributed by atoms with Gasteiger partial charge < -0.3 is 14.5 Å². The highest BCUT2D eigenvalue weighted by Gasteiger charge is 2.40. The van der Waals surface area contributed by atoms with Crippen molar-refractivity contribution in [3.8, 4) is 0 Å². The van der Waals surface area contributed by atoms with Gasteiger partial charge in [0.2, 0.25) is 0 Å². The highest BCUT2D eigenvalue weighted by molar-refractivity contribution is 6.47. The normalized spacial score (nSPS) is 18.8. The lowest BCUT2D eigenvalue weighted by Gasteiger charge is -2.38. The van der Waals surface area contributed by atoms with Crippen molar-refractivity contribution < 1.29 is 14.5 Å². The molecule has 1 unspecified atom stereocenters. The fraction of sp³-hybridized carbons (Fsp3) is 0.548. The molecule has 3 nitrogen and oxygen atoms in total. The summed E-state index contributed by atoms with van der Waals surface area (Å²) >= 11 is 0. The molecular formula is C31H44BO3. The Kier molecular flexibility index (Phi) is 8.11. The van der Waals surface area contributed by atoms with E-state index in [9.17, 15) is 5.11 Å². The SMILES string of the molecule is CCC1(/C=C/c2ccc(C(CC)(CC)c3ccc([B]OC(C)(C)C(C)(C)O)c(C)c3)cc2C)CO1. The maximum Gasteiger partial charge on any atom is 0.331 e. The van der Waals surface area contributed by atoms with Crippen LogP contribution in [0.4, 0.5) is 0 Å². The summed E-state index contributed by atoms with van der Waals surface area (Å²) in [4.78, 5) is 0. The van der Waals surface area contributed by atoms with Gasteiger partial charge in [-0.15, -0.1) is 0 Å². The van der Waals surface area contributed by atoms with Crippen molar-refractivity contribution in [1.82, 2.24) is 0 Å². The quantitative estimate of drug-likeness (QED) is 0.302. The average molecular weight is 476 g/mol. The van der Waals surface area contributed by atoms with Gasteiger partial charge in [-0.25, -0.2) is 0 Å². The van der Waals surface area contributed by atoms with E-state index in [0.717, 1.165) is 31.3 Å². The van der Waals surface area contributed by atoms with E-state index in [0.29, 0.717) is 0 Å². The van der Waals surface area contributed by atoms with E-state index in [2.05, 4.69) is 83.2 Å². The molecule has 3 rings (SSSR count). The molecule has 1 fully saturated rings. The lowest BCUT2D eigenvalue weighted by Crippen LogP contribution is -2.49. The Labute approximate surface area is 214 Å². The van der Waals surface area contributed by atoms with E-state index in [1.807, 2.05) is 13.8 Å². The molecule has 0 amide bonds. The lowest BCUT2D eigenvalue weighted by atomic mass is 9.68. The van der Waals surface area contributed by atoms with Crippen molar-refractivity contribution in [3.05, 3.63) is 70.3 Å². The second-order valence-electron chi connectivity index (χ2n) is 11.3. The third-order valence-electron chi connectivity index (χ3n) is 8.49. The molecular weight excluding hydrogens is 431 g/mol. The highest BCUT2D eigenvalue weighted by Crippen LogP contribution is 2.40. The third kappa shape index (κ3) is 5.76. The molecule has 1 N–H and O–H groups in total. The summed E-state index contributed by atoms with van der Waals surface area (Å²) in [5.41, 5.74) is 5.73. The van der Waals surface area contributed by atoms with Crippen LogP contribution in [0, 0.1) is 13.8 Å². The first-order valence-corrected chi connectivity index (χ1v) is 13.1. The number of epoxide rings is 1. The standard InChI is InChI=1S/C31H44BO3/c1-10-30(21-34-30)18-17-24-13-14-25(19-22(24)4)31(11-2,12-3)26-15-16-27(23(5)20-26)32-35-29(8,9)28(6,7)33/h13-20,33H,10-12,21H2,1-9H3/b18-17+. The Morgan fingerprint density at radius 1 is 0.971 bits per heavy atom. The Balaban J connectivity index is 1.88. The van der Waals surface area contributed by atoms with Gasteiger partial charge in [-0.05, 0) is 89.1 Å². The zero-order valence-corrected chi connectivity index (χ0v) is 23.3. The van der Waals surface area contributed by atoms with Crippen LogP contribution in [0.1, 0.15) is 95.5 Å². The first-order chi connectivity index (χ1) is 16.3. The van der Waals surface area contributed by atoms with Gasteiger partial charge >= 0.3 is 7.48 Å². The van der Waals surface area contributed by atoms with Gasteiger partial charge in [0.25, 0.3) is 0 Å². The Morgan fingerprint density at radius 2 is 1.54 bits per heavy atom. The van der Waals surface area contributed by atoms with Gasteiger partial charge in [0.15, 0.2) is 0 Å².